The Kier molecular flexibility index (Phi) is 6.06. The number of aryl methyl sites for hydroxylation is 1. The van der Waals surface area contributed by atoms with Gasteiger partial charge in [-0.3, -0.25) is 4.99 Å². The van der Waals surface area contributed by atoms with E-state index in [0.717, 1.165) is 13.0 Å². The predicted octanol–water partition coefficient (Wildman–Crippen LogP) is 3.91. The minimum Gasteiger partial charge on any atom is -0.309 e. The van der Waals surface area contributed by atoms with Crippen LogP contribution < -0.4 is 5.32 Å². The third-order valence-electron chi connectivity index (χ3n) is 3.06. The Balaban J connectivity index is 2.69. The minimum atomic E-state index is 0.245. The Bertz CT molecular complexity index is 377. The lowest BCUT2D eigenvalue weighted by molar-refractivity contribution is 0.636. The van der Waals surface area contributed by atoms with Crippen LogP contribution in [-0.4, -0.2) is 18.3 Å². The van der Waals surface area contributed by atoms with Crippen molar-refractivity contribution in [3.05, 3.63) is 35.4 Å². The summed E-state index contributed by atoms with van der Waals surface area (Å²) in [4.78, 5) is 4.82. The summed E-state index contributed by atoms with van der Waals surface area (Å²) in [7, 11) is 0. The van der Waals surface area contributed by atoms with Gasteiger partial charge in [-0.1, -0.05) is 50.6 Å². The maximum Gasteiger partial charge on any atom is 0.0720 e. The van der Waals surface area contributed by atoms with Crippen LogP contribution in [0, 0.1) is 6.92 Å². The number of benzene rings is 1. The van der Waals surface area contributed by atoms with Crippen molar-refractivity contribution in [2.75, 3.05) is 6.54 Å². The van der Waals surface area contributed by atoms with Crippen LogP contribution in [-0.2, 0) is 0 Å². The second-order valence-corrected chi connectivity index (χ2v) is 5.17. The van der Waals surface area contributed by atoms with E-state index in [4.69, 9.17) is 4.99 Å². The van der Waals surface area contributed by atoms with Crippen molar-refractivity contribution in [3.8, 4) is 0 Å². The number of nitrogens with one attached hydrogen (secondary N) is 1. The van der Waals surface area contributed by atoms with Crippen molar-refractivity contribution in [2.45, 2.75) is 53.1 Å². The molecule has 0 bridgehead atoms. The maximum absolute atomic E-state index is 4.82. The molecule has 0 fully saturated rings. The fourth-order valence-corrected chi connectivity index (χ4v) is 1.78. The molecule has 0 aliphatic rings. The van der Waals surface area contributed by atoms with Crippen LogP contribution >= 0.6 is 0 Å². The molecule has 0 amide bonds. The standard InChI is InChI=1S/C16H26N2/c1-6-16(11-17-12(2)3)18-14(5)15-9-7-13(4)8-10-15/h7-10,12,14,17H,6,11H2,1-5H3. The molecule has 100 valence electrons. The van der Waals surface area contributed by atoms with Crippen molar-refractivity contribution in [2.24, 2.45) is 4.99 Å². The topological polar surface area (TPSA) is 24.4 Å². The summed E-state index contributed by atoms with van der Waals surface area (Å²) in [6.45, 7) is 11.7. The van der Waals surface area contributed by atoms with Gasteiger partial charge < -0.3 is 5.32 Å². The highest BCUT2D eigenvalue weighted by atomic mass is 14.9. The van der Waals surface area contributed by atoms with E-state index in [1.165, 1.54) is 16.8 Å². The molecule has 1 rings (SSSR count). The van der Waals surface area contributed by atoms with E-state index in [2.05, 4.69) is 64.2 Å². The van der Waals surface area contributed by atoms with Gasteiger partial charge in [0.1, 0.15) is 0 Å². The average Bonchev–Trinajstić information content (AvgIpc) is 2.34. The van der Waals surface area contributed by atoms with E-state index in [-0.39, 0.29) is 6.04 Å². The molecule has 0 heterocycles. The molecule has 0 aliphatic carbocycles. The first-order valence-corrected chi connectivity index (χ1v) is 6.88. The Morgan fingerprint density at radius 2 is 1.78 bits per heavy atom. The third kappa shape index (κ3) is 5.01. The summed E-state index contributed by atoms with van der Waals surface area (Å²) in [5.41, 5.74) is 3.83. The molecule has 0 spiro atoms. The van der Waals surface area contributed by atoms with Gasteiger partial charge in [0.15, 0.2) is 0 Å². The molecule has 1 aromatic carbocycles. The summed E-state index contributed by atoms with van der Waals surface area (Å²) in [5, 5.41) is 3.43. The van der Waals surface area contributed by atoms with Gasteiger partial charge in [-0.25, -0.2) is 0 Å². The number of aliphatic imine (C=N–C) groups is 1. The minimum absolute atomic E-state index is 0.245. The van der Waals surface area contributed by atoms with Crippen molar-refractivity contribution < 1.29 is 0 Å². The largest absolute Gasteiger partial charge is 0.309 e. The molecule has 1 N–H and O–H groups in total. The van der Waals surface area contributed by atoms with E-state index in [1.54, 1.807) is 0 Å². The van der Waals surface area contributed by atoms with Crippen LogP contribution in [0.2, 0.25) is 0 Å². The monoisotopic (exact) mass is 246 g/mol. The molecule has 0 radical (unpaired) electrons. The lowest BCUT2D eigenvalue weighted by atomic mass is 10.1. The molecule has 1 aromatic rings. The van der Waals surface area contributed by atoms with Crippen molar-refractivity contribution >= 4 is 5.71 Å². The first kappa shape index (κ1) is 14.9. The first-order chi connectivity index (χ1) is 8.52. The molecule has 0 aromatic heterocycles. The zero-order valence-corrected chi connectivity index (χ0v) is 12.3. The van der Waals surface area contributed by atoms with Crippen LogP contribution in [0.4, 0.5) is 0 Å². The molecule has 2 nitrogen and oxygen atoms in total. The summed E-state index contributed by atoms with van der Waals surface area (Å²) in [5.74, 6) is 0. The third-order valence-corrected chi connectivity index (χ3v) is 3.06. The first-order valence-electron chi connectivity index (χ1n) is 6.88. The predicted molar refractivity (Wildman–Crippen MR) is 80.5 cm³/mol. The van der Waals surface area contributed by atoms with E-state index in [1.807, 2.05) is 0 Å². The SMILES string of the molecule is CCC(CNC(C)C)=NC(C)c1ccc(C)cc1. The molecule has 1 atom stereocenters. The zero-order chi connectivity index (χ0) is 13.5. The normalized spacial score (nSPS) is 14.0. The smallest absolute Gasteiger partial charge is 0.0720 e. The van der Waals surface area contributed by atoms with Crippen LogP contribution in [0.15, 0.2) is 29.3 Å². The Hall–Kier alpha value is -1.15. The summed E-state index contributed by atoms with van der Waals surface area (Å²) in [6.07, 6.45) is 1.01. The average molecular weight is 246 g/mol. The number of hydrogen-bond donors (Lipinski definition) is 1. The Morgan fingerprint density at radius 1 is 1.17 bits per heavy atom. The zero-order valence-electron chi connectivity index (χ0n) is 12.3. The van der Waals surface area contributed by atoms with Crippen LogP contribution in [0.5, 0.6) is 0 Å². The Morgan fingerprint density at radius 3 is 2.28 bits per heavy atom. The molecule has 18 heavy (non-hydrogen) atoms. The second kappa shape index (κ2) is 7.32. The highest BCUT2D eigenvalue weighted by Gasteiger charge is 2.05. The molecular formula is C16H26N2. The van der Waals surface area contributed by atoms with Gasteiger partial charge in [0, 0.05) is 18.3 Å². The molecule has 0 saturated heterocycles. The summed E-state index contributed by atoms with van der Waals surface area (Å²) >= 11 is 0. The van der Waals surface area contributed by atoms with Gasteiger partial charge in [-0.15, -0.1) is 0 Å². The van der Waals surface area contributed by atoms with Gasteiger partial charge in [0.2, 0.25) is 0 Å². The van der Waals surface area contributed by atoms with Gasteiger partial charge in [-0.2, -0.15) is 0 Å². The number of hydrogen-bond acceptors (Lipinski definition) is 2. The van der Waals surface area contributed by atoms with Crippen LogP contribution in [0.3, 0.4) is 0 Å². The molecule has 2 heteroatoms. The summed E-state index contributed by atoms with van der Waals surface area (Å²) < 4.78 is 0. The fraction of sp³-hybridized carbons (Fsp3) is 0.562. The fourth-order valence-electron chi connectivity index (χ4n) is 1.78. The highest BCUT2D eigenvalue weighted by molar-refractivity contribution is 5.86. The van der Waals surface area contributed by atoms with Crippen LogP contribution in [0.1, 0.15) is 51.3 Å². The highest BCUT2D eigenvalue weighted by Crippen LogP contribution is 2.17. The van der Waals surface area contributed by atoms with Crippen molar-refractivity contribution in [1.29, 1.82) is 0 Å². The van der Waals surface area contributed by atoms with E-state index in [9.17, 15) is 0 Å². The van der Waals surface area contributed by atoms with Gasteiger partial charge in [0.05, 0.1) is 6.04 Å². The van der Waals surface area contributed by atoms with Crippen molar-refractivity contribution in [3.63, 3.8) is 0 Å². The van der Waals surface area contributed by atoms with Gasteiger partial charge in [0.25, 0.3) is 0 Å². The second-order valence-electron chi connectivity index (χ2n) is 5.17. The Labute approximate surface area is 112 Å². The quantitative estimate of drug-likeness (QED) is 0.756. The lowest BCUT2D eigenvalue weighted by Crippen LogP contribution is -2.29. The van der Waals surface area contributed by atoms with E-state index >= 15 is 0 Å². The summed E-state index contributed by atoms with van der Waals surface area (Å²) in [6, 6.07) is 9.41. The van der Waals surface area contributed by atoms with Gasteiger partial charge in [-0.05, 0) is 25.8 Å². The molecule has 0 saturated carbocycles. The molecule has 0 aliphatic heterocycles. The van der Waals surface area contributed by atoms with Crippen molar-refractivity contribution in [1.82, 2.24) is 5.32 Å². The number of rotatable bonds is 6. The van der Waals surface area contributed by atoms with E-state index in [0.29, 0.717) is 6.04 Å². The lowest BCUT2D eigenvalue weighted by Gasteiger charge is -2.13. The molecule has 1 unspecified atom stereocenters. The van der Waals surface area contributed by atoms with Crippen LogP contribution in [0.25, 0.3) is 0 Å². The molecular weight excluding hydrogens is 220 g/mol. The maximum atomic E-state index is 4.82. The van der Waals surface area contributed by atoms with E-state index < -0.39 is 0 Å². The van der Waals surface area contributed by atoms with Gasteiger partial charge >= 0.3 is 0 Å². The number of nitrogens with zero attached hydrogens (tertiary/aromatic N) is 1.